The van der Waals surface area contributed by atoms with Crippen molar-refractivity contribution in [2.75, 3.05) is 5.32 Å². The number of halogens is 1. The van der Waals surface area contributed by atoms with E-state index in [2.05, 4.69) is 15.3 Å². The maximum absolute atomic E-state index is 12.9. The van der Waals surface area contributed by atoms with Crippen LogP contribution in [-0.4, -0.2) is 21.7 Å². The molecule has 0 fully saturated rings. The summed E-state index contributed by atoms with van der Waals surface area (Å²) < 4.78 is 18.3. The predicted octanol–water partition coefficient (Wildman–Crippen LogP) is 3.86. The molecule has 6 nitrogen and oxygen atoms in total. The fraction of sp³-hybridized carbons (Fsp3) is 0.0526. The molecule has 0 aliphatic carbocycles. The summed E-state index contributed by atoms with van der Waals surface area (Å²) in [6.07, 6.45) is 2.78. The van der Waals surface area contributed by atoms with E-state index in [0.717, 1.165) is 0 Å². The van der Waals surface area contributed by atoms with Gasteiger partial charge in [-0.1, -0.05) is 0 Å². The van der Waals surface area contributed by atoms with Gasteiger partial charge in [-0.15, -0.1) is 0 Å². The number of Topliss-reactive ketones (excluding diaryl/α,β-unsaturated/α-hetero) is 1. The van der Waals surface area contributed by atoms with Crippen LogP contribution in [0.5, 0.6) is 11.6 Å². The molecule has 0 unspecified atom stereocenters. The third-order valence-electron chi connectivity index (χ3n) is 3.42. The lowest BCUT2D eigenvalue weighted by Crippen LogP contribution is -2.13. The number of pyridine rings is 2. The zero-order chi connectivity index (χ0) is 18.5. The Morgan fingerprint density at radius 2 is 1.73 bits per heavy atom. The first-order chi connectivity index (χ1) is 12.5. The number of aromatic nitrogens is 2. The molecule has 1 amide bonds. The summed E-state index contributed by atoms with van der Waals surface area (Å²) in [5, 5.41) is 2.67. The van der Waals surface area contributed by atoms with Gasteiger partial charge in [-0.25, -0.2) is 9.37 Å². The lowest BCUT2D eigenvalue weighted by Gasteiger charge is -2.07. The molecular formula is C19H14FN3O3. The van der Waals surface area contributed by atoms with Gasteiger partial charge >= 0.3 is 0 Å². The number of amides is 1. The van der Waals surface area contributed by atoms with Crippen LogP contribution >= 0.6 is 0 Å². The minimum absolute atomic E-state index is 0.169. The molecule has 0 bridgehead atoms. The first kappa shape index (κ1) is 17.2. The highest BCUT2D eigenvalue weighted by molar-refractivity contribution is 6.04. The van der Waals surface area contributed by atoms with Gasteiger partial charge in [0.05, 0.1) is 17.4 Å². The maximum atomic E-state index is 12.9. The van der Waals surface area contributed by atoms with Crippen LogP contribution < -0.4 is 10.1 Å². The number of nitrogens with zero attached hydrogens (tertiary/aromatic N) is 2. The number of anilines is 1. The van der Waals surface area contributed by atoms with Crippen LogP contribution in [0.2, 0.25) is 0 Å². The molecule has 1 aromatic carbocycles. The minimum Gasteiger partial charge on any atom is -0.439 e. The molecule has 0 saturated carbocycles. The van der Waals surface area contributed by atoms with E-state index in [1.54, 1.807) is 12.1 Å². The smallest absolute Gasteiger partial charge is 0.257 e. The Balaban J connectivity index is 1.64. The molecule has 0 aliphatic heterocycles. The largest absolute Gasteiger partial charge is 0.439 e. The number of ketones is 1. The number of rotatable bonds is 5. The average Bonchev–Trinajstić information content (AvgIpc) is 2.65. The van der Waals surface area contributed by atoms with Crippen LogP contribution in [0.25, 0.3) is 0 Å². The van der Waals surface area contributed by atoms with Crippen molar-refractivity contribution in [2.24, 2.45) is 0 Å². The lowest BCUT2D eigenvalue weighted by molar-refractivity contribution is 0.100. The maximum Gasteiger partial charge on any atom is 0.257 e. The summed E-state index contributed by atoms with van der Waals surface area (Å²) in [6.45, 7) is 1.41. The zero-order valence-corrected chi connectivity index (χ0v) is 13.8. The Labute approximate surface area is 148 Å². The van der Waals surface area contributed by atoms with Crippen molar-refractivity contribution in [2.45, 2.75) is 6.92 Å². The van der Waals surface area contributed by atoms with E-state index in [4.69, 9.17) is 4.74 Å². The normalized spacial score (nSPS) is 10.2. The summed E-state index contributed by atoms with van der Waals surface area (Å²) in [5.74, 6) is -0.136. The van der Waals surface area contributed by atoms with Crippen LogP contribution in [0.15, 0.2) is 60.9 Å². The number of ether oxygens (including phenoxy) is 1. The highest BCUT2D eigenvalue weighted by Crippen LogP contribution is 2.20. The van der Waals surface area contributed by atoms with E-state index in [-0.39, 0.29) is 17.5 Å². The van der Waals surface area contributed by atoms with E-state index in [1.807, 2.05) is 0 Å². The third-order valence-corrected chi connectivity index (χ3v) is 3.42. The van der Waals surface area contributed by atoms with Crippen LogP contribution in [0.3, 0.4) is 0 Å². The molecule has 26 heavy (non-hydrogen) atoms. The van der Waals surface area contributed by atoms with Gasteiger partial charge in [0.15, 0.2) is 5.78 Å². The fourth-order valence-electron chi connectivity index (χ4n) is 2.08. The molecule has 0 radical (unpaired) electrons. The monoisotopic (exact) mass is 351 g/mol. The van der Waals surface area contributed by atoms with Crippen LogP contribution in [-0.2, 0) is 0 Å². The molecule has 0 aliphatic rings. The number of hydrogen-bond donors (Lipinski definition) is 1. The molecule has 7 heteroatoms. The molecule has 0 saturated heterocycles. The Morgan fingerprint density at radius 1 is 0.962 bits per heavy atom. The lowest BCUT2D eigenvalue weighted by atomic mass is 10.2. The van der Waals surface area contributed by atoms with Crippen LogP contribution in [0, 0.1) is 5.82 Å². The van der Waals surface area contributed by atoms with Crippen LogP contribution in [0.4, 0.5) is 10.1 Å². The summed E-state index contributed by atoms with van der Waals surface area (Å²) >= 11 is 0. The van der Waals surface area contributed by atoms with Gasteiger partial charge in [0.2, 0.25) is 5.88 Å². The van der Waals surface area contributed by atoms with Gasteiger partial charge in [0.1, 0.15) is 17.3 Å². The number of carbonyl (C=O) groups is 2. The zero-order valence-electron chi connectivity index (χ0n) is 13.8. The molecule has 2 heterocycles. The van der Waals surface area contributed by atoms with Crippen molar-refractivity contribution >= 4 is 17.4 Å². The molecule has 130 valence electrons. The van der Waals surface area contributed by atoms with Gasteiger partial charge < -0.3 is 10.1 Å². The Kier molecular flexibility index (Phi) is 4.98. The first-order valence-electron chi connectivity index (χ1n) is 7.69. The second kappa shape index (κ2) is 7.52. The quantitative estimate of drug-likeness (QED) is 0.706. The fourth-order valence-corrected chi connectivity index (χ4v) is 2.08. The van der Waals surface area contributed by atoms with Crippen molar-refractivity contribution in [3.8, 4) is 11.6 Å². The highest BCUT2D eigenvalue weighted by atomic mass is 19.1. The average molecular weight is 351 g/mol. The van der Waals surface area contributed by atoms with Gasteiger partial charge in [0, 0.05) is 19.2 Å². The van der Waals surface area contributed by atoms with Crippen molar-refractivity contribution in [1.82, 2.24) is 9.97 Å². The molecule has 0 spiro atoms. The summed E-state index contributed by atoms with van der Waals surface area (Å²) in [7, 11) is 0. The molecular weight excluding hydrogens is 337 g/mol. The Hall–Kier alpha value is -3.61. The van der Waals surface area contributed by atoms with Crippen molar-refractivity contribution < 1.29 is 18.7 Å². The van der Waals surface area contributed by atoms with E-state index in [0.29, 0.717) is 28.6 Å². The number of benzene rings is 1. The topological polar surface area (TPSA) is 81.2 Å². The standard InChI is InChI=1S/C19H14FN3O3/c1-12(24)17-8-2-13(10-21-17)19(25)23-15-5-9-18(22-11-15)26-16-6-3-14(20)4-7-16/h2-11H,1H3,(H,23,25). The third kappa shape index (κ3) is 4.27. The molecule has 2 aromatic heterocycles. The van der Waals surface area contributed by atoms with Gasteiger partial charge in [-0.3, -0.25) is 14.6 Å². The first-order valence-corrected chi connectivity index (χ1v) is 7.69. The van der Waals surface area contributed by atoms with Gasteiger partial charge in [-0.05, 0) is 42.5 Å². The second-order valence-electron chi connectivity index (χ2n) is 5.38. The summed E-state index contributed by atoms with van der Waals surface area (Å²) in [6, 6.07) is 11.8. The SMILES string of the molecule is CC(=O)c1ccc(C(=O)Nc2ccc(Oc3ccc(F)cc3)nc2)cn1. The van der Waals surface area contributed by atoms with E-state index < -0.39 is 0 Å². The highest BCUT2D eigenvalue weighted by Gasteiger charge is 2.09. The summed E-state index contributed by atoms with van der Waals surface area (Å²) in [4.78, 5) is 31.4. The Morgan fingerprint density at radius 3 is 2.31 bits per heavy atom. The second-order valence-corrected chi connectivity index (χ2v) is 5.38. The van der Waals surface area contributed by atoms with E-state index in [1.165, 1.54) is 55.7 Å². The van der Waals surface area contributed by atoms with Crippen LogP contribution in [0.1, 0.15) is 27.8 Å². The van der Waals surface area contributed by atoms with E-state index >= 15 is 0 Å². The molecule has 0 atom stereocenters. The number of nitrogens with one attached hydrogen (secondary N) is 1. The van der Waals surface area contributed by atoms with Crippen molar-refractivity contribution in [3.05, 3.63) is 78.0 Å². The number of carbonyl (C=O) groups excluding carboxylic acids is 2. The molecule has 3 rings (SSSR count). The molecule has 1 N–H and O–H groups in total. The van der Waals surface area contributed by atoms with Gasteiger partial charge in [-0.2, -0.15) is 0 Å². The van der Waals surface area contributed by atoms with Crippen molar-refractivity contribution in [1.29, 1.82) is 0 Å². The predicted molar refractivity (Wildman–Crippen MR) is 92.9 cm³/mol. The number of hydrogen-bond acceptors (Lipinski definition) is 5. The summed E-state index contributed by atoms with van der Waals surface area (Å²) in [5.41, 5.74) is 1.09. The van der Waals surface area contributed by atoms with E-state index in [9.17, 15) is 14.0 Å². The molecule has 3 aromatic rings. The minimum atomic E-state index is -0.374. The van der Waals surface area contributed by atoms with Gasteiger partial charge in [0.25, 0.3) is 5.91 Å². The van der Waals surface area contributed by atoms with Crippen molar-refractivity contribution in [3.63, 3.8) is 0 Å². The Bertz CT molecular complexity index is 924.